The third-order valence-corrected chi connectivity index (χ3v) is 2.17. The van der Waals surface area contributed by atoms with Gasteiger partial charge < -0.3 is 15.2 Å². The lowest BCUT2D eigenvalue weighted by Gasteiger charge is -2.26. The Labute approximate surface area is 97.7 Å². The van der Waals surface area contributed by atoms with Crippen LogP contribution in [0.3, 0.4) is 0 Å². The monoisotopic (exact) mass is 229 g/mol. The number of aliphatic hydroxyl groups excluding tert-OH is 1. The Bertz CT molecular complexity index is 245. The van der Waals surface area contributed by atoms with Gasteiger partial charge in [0.25, 0.3) is 0 Å². The van der Waals surface area contributed by atoms with E-state index < -0.39 is 17.8 Å². The molecule has 0 fully saturated rings. The highest BCUT2D eigenvalue weighted by Crippen LogP contribution is 2.10. The Morgan fingerprint density at radius 3 is 2.31 bits per heavy atom. The van der Waals surface area contributed by atoms with Crippen LogP contribution in [-0.4, -0.2) is 28.9 Å². The number of ether oxygens (including phenoxy) is 1. The number of alkyl carbamates (subject to hydrolysis) is 1. The van der Waals surface area contributed by atoms with Crippen molar-refractivity contribution in [2.75, 3.05) is 0 Å². The van der Waals surface area contributed by atoms with Crippen molar-refractivity contribution in [1.82, 2.24) is 5.32 Å². The Balaban J connectivity index is 4.19. The van der Waals surface area contributed by atoms with Crippen molar-refractivity contribution in [3.63, 3.8) is 0 Å². The fourth-order valence-corrected chi connectivity index (χ4v) is 1.17. The smallest absolute Gasteiger partial charge is 0.407 e. The maximum atomic E-state index is 11.4. The number of amides is 1. The van der Waals surface area contributed by atoms with Crippen LogP contribution < -0.4 is 5.32 Å². The lowest BCUT2D eigenvalue weighted by atomic mass is 9.99. The summed E-state index contributed by atoms with van der Waals surface area (Å²) in [5.74, 6) is -0.0788. The third kappa shape index (κ3) is 5.75. The zero-order chi connectivity index (χ0) is 12.9. The summed E-state index contributed by atoms with van der Waals surface area (Å²) in [5, 5.41) is 12.4. The van der Waals surface area contributed by atoms with Gasteiger partial charge in [0.2, 0.25) is 0 Å². The van der Waals surface area contributed by atoms with Gasteiger partial charge in [-0.1, -0.05) is 13.0 Å². The molecule has 0 aromatic rings. The second-order valence-corrected chi connectivity index (χ2v) is 5.02. The molecule has 0 aromatic heterocycles. The minimum absolute atomic E-state index is 0.0788. The molecular formula is C12H23NO3. The number of carbonyl (C=O) groups excluding carboxylic acids is 1. The van der Waals surface area contributed by atoms with E-state index in [4.69, 9.17) is 4.74 Å². The van der Waals surface area contributed by atoms with Gasteiger partial charge in [0.05, 0.1) is 12.1 Å². The minimum Gasteiger partial charge on any atom is -0.444 e. The van der Waals surface area contributed by atoms with Gasteiger partial charge in [-0.05, 0) is 27.7 Å². The third-order valence-electron chi connectivity index (χ3n) is 2.17. The highest BCUT2D eigenvalue weighted by Gasteiger charge is 2.23. The topological polar surface area (TPSA) is 58.6 Å². The molecule has 4 nitrogen and oxygen atoms in total. The lowest BCUT2D eigenvalue weighted by Crippen LogP contribution is -2.45. The first-order valence-electron chi connectivity index (χ1n) is 5.47. The van der Waals surface area contributed by atoms with Crippen molar-refractivity contribution in [3.05, 3.63) is 12.7 Å². The predicted octanol–water partition coefficient (Wildman–Crippen LogP) is 2.08. The SMILES string of the molecule is C=C[C@H](C)[C@H](O)[C@H](C)NC(=O)OC(C)(C)C. The first-order valence-corrected chi connectivity index (χ1v) is 5.47. The van der Waals surface area contributed by atoms with E-state index in [0.717, 1.165) is 0 Å². The van der Waals surface area contributed by atoms with E-state index in [1.54, 1.807) is 33.8 Å². The van der Waals surface area contributed by atoms with Gasteiger partial charge >= 0.3 is 6.09 Å². The summed E-state index contributed by atoms with van der Waals surface area (Å²) in [5.41, 5.74) is -0.529. The molecule has 0 unspecified atom stereocenters. The molecule has 94 valence electrons. The van der Waals surface area contributed by atoms with E-state index in [0.29, 0.717) is 0 Å². The molecule has 0 saturated heterocycles. The first kappa shape index (κ1) is 15.0. The van der Waals surface area contributed by atoms with Crippen molar-refractivity contribution in [3.8, 4) is 0 Å². The number of hydrogen-bond acceptors (Lipinski definition) is 3. The molecule has 0 bridgehead atoms. The van der Waals surface area contributed by atoms with Gasteiger partial charge in [-0.2, -0.15) is 0 Å². The van der Waals surface area contributed by atoms with Crippen LogP contribution in [-0.2, 0) is 4.74 Å². The average molecular weight is 229 g/mol. The number of carbonyl (C=O) groups is 1. The maximum absolute atomic E-state index is 11.4. The fraction of sp³-hybridized carbons (Fsp3) is 0.750. The summed E-state index contributed by atoms with van der Waals surface area (Å²) in [6.45, 7) is 12.5. The molecule has 0 aromatic carbocycles. The Morgan fingerprint density at radius 2 is 1.94 bits per heavy atom. The van der Waals surface area contributed by atoms with Crippen LogP contribution in [0.4, 0.5) is 4.79 Å². The van der Waals surface area contributed by atoms with E-state index in [1.165, 1.54) is 0 Å². The van der Waals surface area contributed by atoms with Gasteiger partial charge in [0.15, 0.2) is 0 Å². The van der Waals surface area contributed by atoms with Crippen molar-refractivity contribution in [2.45, 2.75) is 52.4 Å². The highest BCUT2D eigenvalue weighted by molar-refractivity contribution is 5.68. The summed E-state index contributed by atoms with van der Waals surface area (Å²) < 4.78 is 5.08. The average Bonchev–Trinajstić information content (AvgIpc) is 2.12. The van der Waals surface area contributed by atoms with E-state index in [-0.39, 0.29) is 12.0 Å². The molecule has 0 spiro atoms. The summed E-state index contributed by atoms with van der Waals surface area (Å²) in [6.07, 6.45) is 0.470. The molecule has 0 saturated carbocycles. The van der Waals surface area contributed by atoms with Crippen molar-refractivity contribution >= 4 is 6.09 Å². The van der Waals surface area contributed by atoms with Gasteiger partial charge in [0.1, 0.15) is 5.60 Å². The molecule has 0 aliphatic rings. The van der Waals surface area contributed by atoms with Crippen LogP contribution >= 0.6 is 0 Å². The van der Waals surface area contributed by atoms with Crippen LogP contribution in [0.15, 0.2) is 12.7 Å². The van der Waals surface area contributed by atoms with E-state index in [9.17, 15) is 9.90 Å². The van der Waals surface area contributed by atoms with Gasteiger partial charge in [-0.3, -0.25) is 0 Å². The van der Waals surface area contributed by atoms with Crippen LogP contribution in [0.2, 0.25) is 0 Å². The molecule has 0 aliphatic heterocycles. The molecule has 0 radical (unpaired) electrons. The zero-order valence-corrected chi connectivity index (χ0v) is 10.8. The molecule has 4 heteroatoms. The molecule has 0 heterocycles. The molecule has 16 heavy (non-hydrogen) atoms. The lowest BCUT2D eigenvalue weighted by molar-refractivity contribution is 0.0399. The van der Waals surface area contributed by atoms with Crippen molar-refractivity contribution < 1.29 is 14.6 Å². The Hall–Kier alpha value is -1.03. The molecule has 0 rings (SSSR count). The second-order valence-electron chi connectivity index (χ2n) is 5.02. The van der Waals surface area contributed by atoms with Gasteiger partial charge in [0, 0.05) is 5.92 Å². The summed E-state index contributed by atoms with van der Waals surface area (Å²) in [4.78, 5) is 11.4. The van der Waals surface area contributed by atoms with Crippen LogP contribution in [0, 0.1) is 5.92 Å². The number of aliphatic hydroxyl groups is 1. The van der Waals surface area contributed by atoms with E-state index in [1.807, 2.05) is 6.92 Å². The molecule has 0 aliphatic carbocycles. The van der Waals surface area contributed by atoms with Crippen LogP contribution in [0.5, 0.6) is 0 Å². The summed E-state index contributed by atoms with van der Waals surface area (Å²) in [6, 6.07) is -0.372. The van der Waals surface area contributed by atoms with Crippen molar-refractivity contribution in [2.24, 2.45) is 5.92 Å². The summed E-state index contributed by atoms with van der Waals surface area (Å²) in [7, 11) is 0. The standard InChI is InChI=1S/C12H23NO3/c1-7-8(2)10(14)9(3)13-11(15)16-12(4,5)6/h7-10,14H,1H2,2-6H3,(H,13,15)/t8-,9-,10-/m0/s1. The number of nitrogens with one attached hydrogen (secondary N) is 1. The van der Waals surface area contributed by atoms with Crippen LogP contribution in [0.1, 0.15) is 34.6 Å². The zero-order valence-electron chi connectivity index (χ0n) is 10.8. The van der Waals surface area contributed by atoms with Crippen molar-refractivity contribution in [1.29, 1.82) is 0 Å². The number of hydrogen-bond donors (Lipinski definition) is 2. The fourth-order valence-electron chi connectivity index (χ4n) is 1.17. The molecule has 2 N–H and O–H groups in total. The first-order chi connectivity index (χ1) is 7.17. The van der Waals surface area contributed by atoms with Gasteiger partial charge in [-0.15, -0.1) is 6.58 Å². The predicted molar refractivity (Wildman–Crippen MR) is 64.2 cm³/mol. The Morgan fingerprint density at radius 1 is 1.44 bits per heavy atom. The van der Waals surface area contributed by atoms with E-state index in [2.05, 4.69) is 11.9 Å². The van der Waals surface area contributed by atoms with Gasteiger partial charge in [-0.25, -0.2) is 4.79 Å². The van der Waals surface area contributed by atoms with E-state index >= 15 is 0 Å². The quantitative estimate of drug-likeness (QED) is 0.726. The minimum atomic E-state index is -0.662. The summed E-state index contributed by atoms with van der Waals surface area (Å²) >= 11 is 0. The highest BCUT2D eigenvalue weighted by atomic mass is 16.6. The molecular weight excluding hydrogens is 206 g/mol. The maximum Gasteiger partial charge on any atom is 0.407 e. The largest absolute Gasteiger partial charge is 0.444 e. The molecule has 1 amide bonds. The Kier molecular flexibility index (Phi) is 5.51. The second kappa shape index (κ2) is 5.89. The van der Waals surface area contributed by atoms with Crippen LogP contribution in [0.25, 0.3) is 0 Å². The number of rotatable bonds is 4. The molecule has 3 atom stereocenters. The normalized spacial score (nSPS) is 17.1.